The van der Waals surface area contributed by atoms with E-state index < -0.39 is 0 Å². The van der Waals surface area contributed by atoms with Gasteiger partial charge in [0.2, 0.25) is 0 Å². The van der Waals surface area contributed by atoms with Crippen molar-refractivity contribution in [1.82, 2.24) is 9.97 Å². The maximum atomic E-state index is 5.92. The first kappa shape index (κ1) is 11.5. The highest BCUT2D eigenvalue weighted by molar-refractivity contribution is 9.10. The van der Waals surface area contributed by atoms with Crippen LogP contribution >= 0.6 is 15.9 Å². The number of anilines is 1. The van der Waals surface area contributed by atoms with Gasteiger partial charge in [-0.2, -0.15) is 0 Å². The number of hydrogen-bond acceptors (Lipinski definition) is 2. The molecular formula is C12H16BrN3. The van der Waals surface area contributed by atoms with Gasteiger partial charge in [0, 0.05) is 10.9 Å². The van der Waals surface area contributed by atoms with Crippen molar-refractivity contribution in [3.8, 4) is 0 Å². The van der Waals surface area contributed by atoms with E-state index in [1.807, 2.05) is 12.1 Å². The number of fused-ring (bicyclic) bond motifs is 1. The van der Waals surface area contributed by atoms with E-state index in [9.17, 15) is 0 Å². The number of H-pyrrole nitrogens is 1. The Bertz CT molecular complexity index is 504. The van der Waals surface area contributed by atoms with Crippen LogP contribution in [0.3, 0.4) is 0 Å². The van der Waals surface area contributed by atoms with Gasteiger partial charge < -0.3 is 10.7 Å². The molecular weight excluding hydrogens is 266 g/mol. The highest BCUT2D eigenvalue weighted by atomic mass is 79.9. The summed E-state index contributed by atoms with van der Waals surface area (Å²) in [7, 11) is 0. The molecule has 0 saturated heterocycles. The average Bonchev–Trinajstić information content (AvgIpc) is 2.60. The summed E-state index contributed by atoms with van der Waals surface area (Å²) in [5, 5.41) is 0. The number of nitrogen functional groups attached to an aromatic ring is 1. The third-order valence-corrected chi connectivity index (χ3v) is 3.33. The van der Waals surface area contributed by atoms with Crippen LogP contribution in [0.15, 0.2) is 16.6 Å². The van der Waals surface area contributed by atoms with Crippen LogP contribution in [0, 0.1) is 5.92 Å². The topological polar surface area (TPSA) is 54.7 Å². The number of nitrogens with one attached hydrogen (secondary N) is 1. The summed E-state index contributed by atoms with van der Waals surface area (Å²) in [6.07, 6.45) is 2.14. The van der Waals surface area contributed by atoms with Crippen molar-refractivity contribution in [2.24, 2.45) is 5.92 Å². The van der Waals surface area contributed by atoms with Gasteiger partial charge in [-0.25, -0.2) is 4.98 Å². The van der Waals surface area contributed by atoms with Crippen molar-refractivity contribution in [3.63, 3.8) is 0 Å². The predicted octanol–water partition coefficient (Wildman–Crippen LogP) is 3.50. The van der Waals surface area contributed by atoms with Crippen molar-refractivity contribution in [1.29, 1.82) is 0 Å². The highest BCUT2D eigenvalue weighted by Crippen LogP contribution is 2.25. The summed E-state index contributed by atoms with van der Waals surface area (Å²) >= 11 is 3.43. The molecule has 0 aliphatic rings. The van der Waals surface area contributed by atoms with Crippen molar-refractivity contribution in [3.05, 3.63) is 22.4 Å². The minimum Gasteiger partial charge on any atom is -0.397 e. The van der Waals surface area contributed by atoms with Gasteiger partial charge in [-0.05, 0) is 18.1 Å². The molecule has 0 aliphatic carbocycles. The number of halogens is 1. The normalized spacial score (nSPS) is 13.2. The largest absolute Gasteiger partial charge is 0.397 e. The Kier molecular flexibility index (Phi) is 3.19. The third kappa shape index (κ3) is 2.21. The van der Waals surface area contributed by atoms with Crippen LogP contribution in [0.4, 0.5) is 5.69 Å². The second-order valence-electron chi connectivity index (χ2n) is 4.29. The smallest absolute Gasteiger partial charge is 0.112 e. The molecule has 0 bridgehead atoms. The Labute approximate surface area is 104 Å². The molecule has 1 aromatic carbocycles. The average molecular weight is 282 g/mol. The van der Waals surface area contributed by atoms with E-state index in [0.717, 1.165) is 39.9 Å². The number of rotatable bonds is 3. The zero-order valence-corrected chi connectivity index (χ0v) is 11.1. The number of nitrogens with zero attached hydrogens (tertiary/aromatic N) is 1. The standard InChI is InChI=1S/C12H16BrN3/c1-3-7(2)4-11-15-10-6-8(13)5-9(14)12(10)16-11/h5-7H,3-4,14H2,1-2H3,(H,15,16). The van der Waals surface area contributed by atoms with E-state index in [1.54, 1.807) is 0 Å². The Hall–Kier alpha value is -1.03. The van der Waals surface area contributed by atoms with Crippen LogP contribution in [0.5, 0.6) is 0 Å². The van der Waals surface area contributed by atoms with Gasteiger partial charge >= 0.3 is 0 Å². The second-order valence-corrected chi connectivity index (χ2v) is 5.21. The van der Waals surface area contributed by atoms with Gasteiger partial charge in [0.25, 0.3) is 0 Å². The molecule has 0 amide bonds. The molecule has 2 rings (SSSR count). The third-order valence-electron chi connectivity index (χ3n) is 2.87. The maximum absolute atomic E-state index is 5.92. The molecule has 86 valence electrons. The molecule has 0 aliphatic heterocycles. The maximum Gasteiger partial charge on any atom is 0.112 e. The Morgan fingerprint density at radius 1 is 1.50 bits per heavy atom. The molecule has 0 radical (unpaired) electrons. The van der Waals surface area contributed by atoms with E-state index in [4.69, 9.17) is 5.73 Å². The molecule has 1 atom stereocenters. The number of imidazole rings is 1. The van der Waals surface area contributed by atoms with Gasteiger partial charge in [-0.3, -0.25) is 0 Å². The molecule has 1 heterocycles. The summed E-state index contributed by atoms with van der Waals surface area (Å²) in [6.45, 7) is 4.42. The molecule has 3 N–H and O–H groups in total. The molecule has 16 heavy (non-hydrogen) atoms. The monoisotopic (exact) mass is 281 g/mol. The van der Waals surface area contributed by atoms with Crippen LogP contribution in [-0.2, 0) is 6.42 Å². The zero-order valence-electron chi connectivity index (χ0n) is 9.55. The second kappa shape index (κ2) is 4.45. The van der Waals surface area contributed by atoms with Crippen molar-refractivity contribution in [2.45, 2.75) is 26.7 Å². The van der Waals surface area contributed by atoms with Crippen LogP contribution in [0.2, 0.25) is 0 Å². The molecule has 0 fully saturated rings. The van der Waals surface area contributed by atoms with E-state index in [0.29, 0.717) is 5.92 Å². The number of benzene rings is 1. The Morgan fingerprint density at radius 2 is 2.25 bits per heavy atom. The molecule has 4 heteroatoms. The van der Waals surface area contributed by atoms with Crippen LogP contribution in [0.25, 0.3) is 11.0 Å². The molecule has 0 spiro atoms. The molecule has 2 aromatic rings. The fraction of sp³-hybridized carbons (Fsp3) is 0.417. The van der Waals surface area contributed by atoms with Gasteiger partial charge in [-0.15, -0.1) is 0 Å². The van der Waals surface area contributed by atoms with Crippen LogP contribution in [0.1, 0.15) is 26.1 Å². The molecule has 1 unspecified atom stereocenters. The first-order valence-electron chi connectivity index (χ1n) is 5.53. The van der Waals surface area contributed by atoms with Crippen LogP contribution in [-0.4, -0.2) is 9.97 Å². The lowest BCUT2D eigenvalue weighted by Crippen LogP contribution is -1.99. The minimum absolute atomic E-state index is 0.644. The first-order chi connectivity index (χ1) is 7.60. The number of hydrogen-bond donors (Lipinski definition) is 2. The molecule has 3 nitrogen and oxygen atoms in total. The minimum atomic E-state index is 0.644. The van der Waals surface area contributed by atoms with E-state index in [-0.39, 0.29) is 0 Å². The van der Waals surface area contributed by atoms with Gasteiger partial charge in [-0.1, -0.05) is 36.2 Å². The summed E-state index contributed by atoms with van der Waals surface area (Å²) in [5.41, 5.74) is 8.52. The lowest BCUT2D eigenvalue weighted by Gasteiger charge is -2.03. The highest BCUT2D eigenvalue weighted by Gasteiger charge is 2.09. The summed E-state index contributed by atoms with van der Waals surface area (Å²) in [6, 6.07) is 3.90. The van der Waals surface area contributed by atoms with Crippen LogP contribution < -0.4 is 5.73 Å². The fourth-order valence-electron chi connectivity index (χ4n) is 1.73. The Balaban J connectivity index is 2.40. The molecule has 0 saturated carbocycles. The van der Waals surface area contributed by atoms with Crippen molar-refractivity contribution in [2.75, 3.05) is 5.73 Å². The predicted molar refractivity (Wildman–Crippen MR) is 71.4 cm³/mol. The number of aromatic amines is 1. The number of aromatic nitrogens is 2. The van der Waals surface area contributed by atoms with Gasteiger partial charge in [0.15, 0.2) is 0 Å². The zero-order chi connectivity index (χ0) is 11.7. The van der Waals surface area contributed by atoms with Gasteiger partial charge in [0.1, 0.15) is 11.3 Å². The van der Waals surface area contributed by atoms with E-state index in [1.165, 1.54) is 0 Å². The summed E-state index contributed by atoms with van der Waals surface area (Å²) < 4.78 is 0.983. The Morgan fingerprint density at radius 3 is 2.94 bits per heavy atom. The quantitative estimate of drug-likeness (QED) is 0.846. The summed E-state index contributed by atoms with van der Waals surface area (Å²) in [5.74, 6) is 1.67. The fourth-order valence-corrected chi connectivity index (χ4v) is 2.21. The van der Waals surface area contributed by atoms with Crippen molar-refractivity contribution >= 4 is 32.7 Å². The lowest BCUT2D eigenvalue weighted by atomic mass is 10.1. The van der Waals surface area contributed by atoms with E-state index in [2.05, 4.69) is 39.7 Å². The van der Waals surface area contributed by atoms with Crippen molar-refractivity contribution < 1.29 is 0 Å². The van der Waals surface area contributed by atoms with Gasteiger partial charge in [0.05, 0.1) is 11.2 Å². The lowest BCUT2D eigenvalue weighted by molar-refractivity contribution is 0.547. The van der Waals surface area contributed by atoms with E-state index >= 15 is 0 Å². The molecule has 1 aromatic heterocycles. The number of nitrogens with two attached hydrogens (primary N) is 1. The first-order valence-corrected chi connectivity index (χ1v) is 6.33. The SMILES string of the molecule is CCC(C)Cc1nc2c(N)cc(Br)cc2[nH]1. The summed E-state index contributed by atoms with van der Waals surface area (Å²) in [4.78, 5) is 7.86.